The third-order valence-electron chi connectivity index (χ3n) is 4.73. The third kappa shape index (κ3) is 3.15. The molecule has 0 radical (unpaired) electrons. The lowest BCUT2D eigenvalue weighted by Gasteiger charge is -2.34. The van der Waals surface area contributed by atoms with Crippen molar-refractivity contribution in [1.29, 1.82) is 0 Å². The van der Waals surface area contributed by atoms with E-state index < -0.39 is 11.6 Å². The van der Waals surface area contributed by atoms with E-state index in [0.29, 0.717) is 27.6 Å². The van der Waals surface area contributed by atoms with Crippen LogP contribution < -0.4 is 15.4 Å². The Hall–Kier alpha value is -2.57. The summed E-state index contributed by atoms with van der Waals surface area (Å²) >= 11 is 6.24. The van der Waals surface area contributed by atoms with Gasteiger partial charge in [-0.25, -0.2) is 0 Å². The minimum absolute atomic E-state index is 0.146. The van der Waals surface area contributed by atoms with Crippen molar-refractivity contribution in [3.05, 3.63) is 58.6 Å². The van der Waals surface area contributed by atoms with Gasteiger partial charge >= 0.3 is 0 Å². The van der Waals surface area contributed by atoms with Crippen LogP contribution in [0.2, 0.25) is 5.02 Å². The van der Waals surface area contributed by atoms with E-state index in [1.54, 1.807) is 52.4 Å². The number of nitrogens with one attached hydrogen (secondary N) is 2. The highest BCUT2D eigenvalue weighted by molar-refractivity contribution is 6.31. The fraction of sp³-hybridized carbons (Fsp3) is 0.300. The quantitative estimate of drug-likeness (QED) is 0.827. The van der Waals surface area contributed by atoms with Gasteiger partial charge in [-0.3, -0.25) is 14.9 Å². The molecule has 27 heavy (non-hydrogen) atoms. The molecule has 2 atom stereocenters. The van der Waals surface area contributed by atoms with Gasteiger partial charge in [0.2, 0.25) is 5.91 Å². The normalized spacial score (nSPS) is 19.2. The molecule has 0 bridgehead atoms. The molecule has 1 heterocycles. The summed E-state index contributed by atoms with van der Waals surface area (Å²) < 4.78 is 5.52. The van der Waals surface area contributed by atoms with E-state index >= 15 is 0 Å². The zero-order chi connectivity index (χ0) is 19.8. The molecule has 0 fully saturated rings. The number of methoxy groups -OCH3 is 1. The smallest absolute Gasteiger partial charge is 0.254 e. The highest BCUT2D eigenvalue weighted by atomic mass is 35.5. The van der Waals surface area contributed by atoms with Crippen LogP contribution in [0.15, 0.2) is 42.5 Å². The Balaban J connectivity index is 2.24. The SMILES string of the molecule is COc1ccccc1C1(N[C@H](C)C(=O)N(C)C)C(=O)Nc2ccc(Cl)cc21. The number of fused-ring (bicyclic) bond motifs is 1. The zero-order valence-electron chi connectivity index (χ0n) is 15.7. The number of carbonyl (C=O) groups excluding carboxylic acids is 2. The van der Waals surface area contributed by atoms with E-state index in [1.165, 1.54) is 4.90 Å². The van der Waals surface area contributed by atoms with Crippen molar-refractivity contribution < 1.29 is 14.3 Å². The molecule has 1 aliphatic heterocycles. The highest BCUT2D eigenvalue weighted by Gasteiger charge is 2.51. The second kappa shape index (κ2) is 7.21. The molecule has 2 amide bonds. The molecule has 3 rings (SSSR count). The maximum Gasteiger partial charge on any atom is 0.254 e. The molecule has 0 saturated heterocycles. The predicted octanol–water partition coefficient (Wildman–Crippen LogP) is 2.61. The van der Waals surface area contributed by atoms with E-state index in [-0.39, 0.29) is 11.8 Å². The van der Waals surface area contributed by atoms with E-state index in [9.17, 15) is 9.59 Å². The Bertz CT molecular complexity index is 900. The van der Waals surface area contributed by atoms with Crippen molar-refractivity contribution in [1.82, 2.24) is 10.2 Å². The van der Waals surface area contributed by atoms with Crippen molar-refractivity contribution in [2.45, 2.75) is 18.5 Å². The number of likely N-dealkylation sites (N-methyl/N-ethyl adjacent to an activating group) is 1. The summed E-state index contributed by atoms with van der Waals surface area (Å²) in [4.78, 5) is 27.3. The van der Waals surface area contributed by atoms with E-state index in [1.807, 2.05) is 18.2 Å². The van der Waals surface area contributed by atoms with E-state index in [4.69, 9.17) is 16.3 Å². The first-order valence-corrected chi connectivity index (χ1v) is 8.93. The molecule has 6 nitrogen and oxygen atoms in total. The predicted molar refractivity (Wildman–Crippen MR) is 105 cm³/mol. The summed E-state index contributed by atoms with van der Waals surface area (Å²) in [6.45, 7) is 1.73. The number of hydrogen-bond acceptors (Lipinski definition) is 4. The first-order valence-electron chi connectivity index (χ1n) is 8.55. The van der Waals surface area contributed by atoms with Crippen LogP contribution in [-0.2, 0) is 15.1 Å². The van der Waals surface area contributed by atoms with Gasteiger partial charge in [0.05, 0.1) is 13.2 Å². The number of halogens is 1. The molecule has 142 valence electrons. The van der Waals surface area contributed by atoms with Gasteiger partial charge in [-0.2, -0.15) is 0 Å². The lowest BCUT2D eigenvalue weighted by Crippen LogP contribution is -2.56. The first kappa shape index (κ1) is 19.2. The third-order valence-corrected chi connectivity index (χ3v) is 4.96. The van der Waals surface area contributed by atoms with Crippen molar-refractivity contribution in [2.75, 3.05) is 26.5 Å². The van der Waals surface area contributed by atoms with E-state index in [0.717, 1.165) is 0 Å². The van der Waals surface area contributed by atoms with Gasteiger partial charge in [0.1, 0.15) is 5.75 Å². The maximum atomic E-state index is 13.3. The first-order chi connectivity index (χ1) is 12.8. The summed E-state index contributed by atoms with van der Waals surface area (Å²) in [5, 5.41) is 6.65. The molecular weight excluding hydrogens is 366 g/mol. The van der Waals surface area contributed by atoms with Crippen molar-refractivity contribution in [3.8, 4) is 5.75 Å². The van der Waals surface area contributed by atoms with E-state index in [2.05, 4.69) is 10.6 Å². The van der Waals surface area contributed by atoms with Gasteiger partial charge < -0.3 is 15.0 Å². The number of para-hydroxylation sites is 1. The number of hydrogen-bond donors (Lipinski definition) is 2. The minimum Gasteiger partial charge on any atom is -0.496 e. The Morgan fingerprint density at radius 1 is 1.22 bits per heavy atom. The number of nitrogens with zero attached hydrogens (tertiary/aromatic N) is 1. The minimum atomic E-state index is -1.31. The van der Waals surface area contributed by atoms with Gasteiger partial charge in [0, 0.05) is 35.9 Å². The Morgan fingerprint density at radius 2 is 1.93 bits per heavy atom. The molecule has 7 heteroatoms. The van der Waals surface area contributed by atoms with Gasteiger partial charge in [-0.15, -0.1) is 0 Å². The van der Waals surface area contributed by atoms with Crippen LogP contribution in [0.5, 0.6) is 5.75 Å². The van der Waals surface area contributed by atoms with Gasteiger partial charge in [-0.05, 0) is 31.2 Å². The number of amides is 2. The monoisotopic (exact) mass is 387 g/mol. The molecule has 0 spiro atoms. The largest absolute Gasteiger partial charge is 0.496 e. The average Bonchev–Trinajstić information content (AvgIpc) is 2.92. The highest BCUT2D eigenvalue weighted by Crippen LogP contribution is 2.45. The Kier molecular flexibility index (Phi) is 5.13. The molecule has 0 saturated carbocycles. The topological polar surface area (TPSA) is 70.7 Å². The summed E-state index contributed by atoms with van der Waals surface area (Å²) in [5.41, 5.74) is 0.609. The molecule has 2 aromatic rings. The van der Waals surface area contributed by atoms with Crippen LogP contribution in [0.3, 0.4) is 0 Å². The van der Waals surface area contributed by atoms with Gasteiger partial charge in [0.25, 0.3) is 5.91 Å². The standard InChI is InChI=1S/C20H22ClN3O3/c1-12(18(25)24(2)3)23-20(14-7-5-6-8-17(14)27-4)15-11-13(21)9-10-16(15)22-19(20)26/h5-12,23H,1-4H3,(H,22,26)/t12-,20?/m1/s1. The number of ether oxygens (including phenoxy) is 1. The summed E-state index contributed by atoms with van der Waals surface area (Å²) in [6, 6.07) is 11.8. The Morgan fingerprint density at radius 3 is 2.59 bits per heavy atom. The summed E-state index contributed by atoms with van der Waals surface area (Å²) in [6.07, 6.45) is 0. The van der Waals surface area contributed by atoms with Crippen molar-refractivity contribution in [2.24, 2.45) is 0 Å². The lowest BCUT2D eigenvalue weighted by atomic mass is 9.82. The fourth-order valence-electron chi connectivity index (χ4n) is 3.49. The average molecular weight is 388 g/mol. The molecule has 1 aliphatic rings. The molecule has 0 aliphatic carbocycles. The van der Waals surface area contributed by atoms with Crippen LogP contribution in [0, 0.1) is 0 Å². The lowest BCUT2D eigenvalue weighted by molar-refractivity contribution is -0.131. The summed E-state index contributed by atoms with van der Waals surface area (Å²) in [7, 11) is 4.90. The summed E-state index contributed by atoms with van der Waals surface area (Å²) in [5.74, 6) is 0.104. The Labute approximate surface area is 163 Å². The van der Waals surface area contributed by atoms with Crippen molar-refractivity contribution >= 4 is 29.1 Å². The number of benzene rings is 2. The second-order valence-electron chi connectivity index (χ2n) is 6.69. The van der Waals surface area contributed by atoms with Crippen LogP contribution in [-0.4, -0.2) is 44.0 Å². The maximum absolute atomic E-state index is 13.3. The van der Waals surface area contributed by atoms with Crippen LogP contribution >= 0.6 is 11.6 Å². The fourth-order valence-corrected chi connectivity index (χ4v) is 3.66. The van der Waals surface area contributed by atoms with Gasteiger partial charge in [-0.1, -0.05) is 29.8 Å². The number of rotatable bonds is 5. The van der Waals surface area contributed by atoms with Gasteiger partial charge in [0.15, 0.2) is 5.54 Å². The van der Waals surface area contributed by atoms with Crippen molar-refractivity contribution in [3.63, 3.8) is 0 Å². The molecule has 0 aromatic heterocycles. The molecular formula is C20H22ClN3O3. The number of anilines is 1. The molecule has 2 N–H and O–H groups in total. The van der Waals surface area contributed by atoms with Crippen LogP contribution in [0.4, 0.5) is 5.69 Å². The zero-order valence-corrected chi connectivity index (χ0v) is 16.4. The van der Waals surface area contributed by atoms with Crippen LogP contribution in [0.1, 0.15) is 18.1 Å². The van der Waals surface area contributed by atoms with Crippen LogP contribution in [0.25, 0.3) is 0 Å². The number of carbonyl (C=O) groups is 2. The second-order valence-corrected chi connectivity index (χ2v) is 7.13. The molecule has 2 aromatic carbocycles. The molecule has 1 unspecified atom stereocenters.